The van der Waals surface area contributed by atoms with Crippen molar-refractivity contribution in [1.82, 2.24) is 10.2 Å². The van der Waals surface area contributed by atoms with E-state index in [1.54, 1.807) is 6.20 Å². The second kappa shape index (κ2) is 8.04. The number of nitrogens with zero attached hydrogens (tertiary/aromatic N) is 2. The first-order chi connectivity index (χ1) is 10.2. The lowest BCUT2D eigenvalue weighted by molar-refractivity contribution is -0.117. The number of ether oxygens (including phenoxy) is 1. The maximum Gasteiger partial charge on any atom is 0.263 e. The van der Waals surface area contributed by atoms with Crippen molar-refractivity contribution in [3.63, 3.8) is 0 Å². The number of amides is 1. The van der Waals surface area contributed by atoms with E-state index in [0.29, 0.717) is 12.6 Å². The Labute approximate surface area is 126 Å². The normalized spacial score (nSPS) is 26.5. The average Bonchev–Trinajstić information content (AvgIpc) is 3.04. The molecule has 0 saturated carbocycles. The lowest BCUT2D eigenvalue weighted by Crippen LogP contribution is -2.37. The number of likely N-dealkylation sites (tertiary alicyclic amines) is 1. The molecule has 0 radical (unpaired) electrons. The molecule has 2 atom stereocenters. The molecule has 2 fully saturated rings. The maximum absolute atomic E-state index is 12.1. The van der Waals surface area contributed by atoms with Gasteiger partial charge in [0.25, 0.3) is 5.91 Å². The minimum Gasteiger partial charge on any atom is -0.376 e. The molecule has 2 rings (SSSR count). The Morgan fingerprint density at radius 3 is 2.95 bits per heavy atom. The minimum atomic E-state index is -0.284. The molecule has 0 aromatic rings. The Kier molecular flexibility index (Phi) is 6.06. The second-order valence-electron chi connectivity index (χ2n) is 5.80. The fourth-order valence-electron chi connectivity index (χ4n) is 3.04. The van der Waals surface area contributed by atoms with Crippen molar-refractivity contribution >= 4 is 5.91 Å². The molecule has 0 aromatic heterocycles. The molecule has 0 aromatic carbocycles. The molecule has 2 unspecified atom stereocenters. The molecular weight excluding hydrogens is 266 g/mol. The first-order valence-corrected chi connectivity index (χ1v) is 8.02. The van der Waals surface area contributed by atoms with Crippen LogP contribution in [0.5, 0.6) is 0 Å². The fraction of sp³-hybridized carbons (Fsp3) is 0.750. The number of carbonyl (C=O) groups is 1. The zero-order valence-corrected chi connectivity index (χ0v) is 12.8. The third-order valence-corrected chi connectivity index (χ3v) is 4.32. The molecule has 2 aliphatic heterocycles. The van der Waals surface area contributed by atoms with E-state index in [1.807, 2.05) is 6.07 Å². The number of nitrogens with one attached hydrogen (secondary N) is 1. The summed E-state index contributed by atoms with van der Waals surface area (Å²) in [5, 5.41) is 12.1. The van der Waals surface area contributed by atoms with Crippen LogP contribution in [0, 0.1) is 11.3 Å². The van der Waals surface area contributed by atoms with Crippen LogP contribution in [0.3, 0.4) is 0 Å². The van der Waals surface area contributed by atoms with Gasteiger partial charge in [0, 0.05) is 31.9 Å². The van der Waals surface area contributed by atoms with Crippen molar-refractivity contribution in [1.29, 1.82) is 5.26 Å². The van der Waals surface area contributed by atoms with Crippen molar-refractivity contribution in [2.75, 3.05) is 19.7 Å². The van der Waals surface area contributed by atoms with E-state index >= 15 is 0 Å². The first kappa shape index (κ1) is 15.8. The van der Waals surface area contributed by atoms with E-state index in [9.17, 15) is 10.1 Å². The summed E-state index contributed by atoms with van der Waals surface area (Å²) in [6.45, 7) is 4.35. The lowest BCUT2D eigenvalue weighted by Gasteiger charge is -2.34. The maximum atomic E-state index is 12.1. The highest BCUT2D eigenvalue weighted by Gasteiger charge is 2.21. The van der Waals surface area contributed by atoms with E-state index < -0.39 is 0 Å². The molecule has 1 N–H and O–H groups in total. The molecule has 2 saturated heterocycles. The van der Waals surface area contributed by atoms with Crippen LogP contribution in [-0.2, 0) is 9.53 Å². The number of hydrogen-bond donors (Lipinski definition) is 1. The monoisotopic (exact) mass is 291 g/mol. The van der Waals surface area contributed by atoms with Crippen LogP contribution >= 0.6 is 0 Å². The summed E-state index contributed by atoms with van der Waals surface area (Å²) < 4.78 is 5.47. The molecule has 1 amide bonds. The third-order valence-electron chi connectivity index (χ3n) is 4.32. The van der Waals surface area contributed by atoms with Crippen molar-refractivity contribution in [3.8, 4) is 6.07 Å². The van der Waals surface area contributed by atoms with Gasteiger partial charge in [-0.25, -0.2) is 0 Å². The highest BCUT2D eigenvalue weighted by molar-refractivity contribution is 5.97. The van der Waals surface area contributed by atoms with Gasteiger partial charge in [0.15, 0.2) is 0 Å². The fourth-order valence-corrected chi connectivity index (χ4v) is 3.04. The number of rotatable bonds is 5. The Balaban J connectivity index is 1.91. The van der Waals surface area contributed by atoms with E-state index in [1.165, 1.54) is 6.42 Å². The molecule has 2 heterocycles. The van der Waals surface area contributed by atoms with Gasteiger partial charge in [-0.05, 0) is 38.5 Å². The Morgan fingerprint density at radius 1 is 1.43 bits per heavy atom. The number of nitriles is 1. The van der Waals surface area contributed by atoms with Crippen molar-refractivity contribution < 1.29 is 9.53 Å². The standard InChI is InChI=1S/C16H25N3O2/c1-2-14-6-3-4-8-19(14)12-13(10-17)16(20)18-11-15-7-5-9-21-15/h12,14-15H,2-9,11H2,1H3,(H,18,20)/b13-12-. The van der Waals surface area contributed by atoms with Gasteiger partial charge < -0.3 is 15.0 Å². The molecule has 5 heteroatoms. The van der Waals surface area contributed by atoms with Crippen LogP contribution in [0.1, 0.15) is 45.4 Å². The number of piperidine rings is 1. The molecule has 0 spiro atoms. The van der Waals surface area contributed by atoms with Crippen LogP contribution in [0.2, 0.25) is 0 Å². The van der Waals surface area contributed by atoms with Gasteiger partial charge in [-0.3, -0.25) is 4.79 Å². The smallest absolute Gasteiger partial charge is 0.263 e. The number of hydrogen-bond acceptors (Lipinski definition) is 4. The summed E-state index contributed by atoms with van der Waals surface area (Å²) in [5.74, 6) is -0.284. The molecular formula is C16H25N3O2. The predicted molar refractivity (Wildman–Crippen MR) is 80.3 cm³/mol. The second-order valence-corrected chi connectivity index (χ2v) is 5.80. The van der Waals surface area contributed by atoms with E-state index in [0.717, 1.165) is 45.3 Å². The van der Waals surface area contributed by atoms with Crippen LogP contribution in [-0.4, -0.2) is 42.6 Å². The van der Waals surface area contributed by atoms with Crippen LogP contribution in [0.25, 0.3) is 0 Å². The zero-order valence-electron chi connectivity index (χ0n) is 12.8. The Morgan fingerprint density at radius 2 is 2.29 bits per heavy atom. The van der Waals surface area contributed by atoms with Gasteiger partial charge in [-0.1, -0.05) is 6.92 Å². The van der Waals surface area contributed by atoms with Crippen molar-refractivity contribution in [2.24, 2.45) is 0 Å². The van der Waals surface area contributed by atoms with Crippen molar-refractivity contribution in [2.45, 2.75) is 57.6 Å². The summed E-state index contributed by atoms with van der Waals surface area (Å²) in [6, 6.07) is 2.49. The summed E-state index contributed by atoms with van der Waals surface area (Å²) in [7, 11) is 0. The Hall–Kier alpha value is -1.54. The highest BCUT2D eigenvalue weighted by Crippen LogP contribution is 2.20. The molecule has 0 aliphatic carbocycles. The SMILES string of the molecule is CCC1CCCCN1/C=C(/C#N)C(=O)NCC1CCCO1. The topological polar surface area (TPSA) is 65.4 Å². The van der Waals surface area contributed by atoms with Gasteiger partial charge >= 0.3 is 0 Å². The van der Waals surface area contributed by atoms with Crippen LogP contribution < -0.4 is 5.32 Å². The molecule has 116 valence electrons. The molecule has 2 aliphatic rings. The van der Waals surface area contributed by atoms with E-state index in [4.69, 9.17) is 4.74 Å². The largest absolute Gasteiger partial charge is 0.376 e. The van der Waals surface area contributed by atoms with Crippen molar-refractivity contribution in [3.05, 3.63) is 11.8 Å². The highest BCUT2D eigenvalue weighted by atomic mass is 16.5. The average molecular weight is 291 g/mol. The van der Waals surface area contributed by atoms with Gasteiger partial charge in [0.05, 0.1) is 6.10 Å². The molecule has 21 heavy (non-hydrogen) atoms. The summed E-state index contributed by atoms with van der Waals surface area (Å²) in [5.41, 5.74) is 0.202. The first-order valence-electron chi connectivity index (χ1n) is 8.02. The summed E-state index contributed by atoms with van der Waals surface area (Å²) in [4.78, 5) is 14.3. The van der Waals surface area contributed by atoms with Gasteiger partial charge in [0.1, 0.15) is 11.6 Å². The van der Waals surface area contributed by atoms with Gasteiger partial charge in [-0.15, -0.1) is 0 Å². The zero-order chi connectivity index (χ0) is 15.1. The molecule has 0 bridgehead atoms. The summed E-state index contributed by atoms with van der Waals surface area (Å²) in [6.07, 6.45) is 8.43. The minimum absolute atomic E-state index is 0.104. The van der Waals surface area contributed by atoms with E-state index in [2.05, 4.69) is 17.1 Å². The van der Waals surface area contributed by atoms with Gasteiger partial charge in [0.2, 0.25) is 0 Å². The van der Waals surface area contributed by atoms with E-state index in [-0.39, 0.29) is 17.6 Å². The molecule has 5 nitrogen and oxygen atoms in total. The summed E-state index contributed by atoms with van der Waals surface area (Å²) >= 11 is 0. The Bertz CT molecular complexity index is 422. The quantitative estimate of drug-likeness (QED) is 0.621. The van der Waals surface area contributed by atoms with Crippen LogP contribution in [0.15, 0.2) is 11.8 Å². The third kappa shape index (κ3) is 4.47. The van der Waals surface area contributed by atoms with Crippen LogP contribution in [0.4, 0.5) is 0 Å². The lowest BCUT2D eigenvalue weighted by atomic mass is 10.0. The number of carbonyl (C=O) groups excluding carboxylic acids is 1. The van der Waals surface area contributed by atoms with Gasteiger partial charge in [-0.2, -0.15) is 5.26 Å². The predicted octanol–water partition coefficient (Wildman–Crippen LogP) is 1.95.